The Morgan fingerprint density at radius 2 is 2.29 bits per heavy atom. The van der Waals surface area contributed by atoms with E-state index in [0.29, 0.717) is 0 Å². The van der Waals surface area contributed by atoms with Crippen molar-refractivity contribution in [3.63, 3.8) is 0 Å². The number of thiophene rings is 1. The van der Waals surface area contributed by atoms with Crippen molar-refractivity contribution >= 4 is 27.4 Å². The van der Waals surface area contributed by atoms with Gasteiger partial charge in [0.15, 0.2) is 0 Å². The zero-order valence-corrected chi connectivity index (χ0v) is 10.9. The van der Waals surface area contributed by atoms with Gasteiger partial charge in [-0.15, -0.1) is 11.3 Å². The molecule has 2 rings (SSSR count). The van der Waals surface area contributed by atoms with Gasteiger partial charge in [-0.2, -0.15) is 0 Å². The largest absolute Gasteiger partial charge is 0.351 e. The molecule has 2 amide bonds. The molecule has 8 heteroatoms. The highest BCUT2D eigenvalue weighted by atomic mass is 32.2. The molecule has 3 N–H and O–H groups in total. The molecule has 0 unspecified atom stereocenters. The van der Waals surface area contributed by atoms with E-state index < -0.39 is 16.1 Å². The Hall–Kier alpha value is -1.12. The van der Waals surface area contributed by atoms with Gasteiger partial charge in [-0.3, -0.25) is 0 Å². The topological polar surface area (TPSA) is 92.5 Å². The van der Waals surface area contributed by atoms with Crippen LogP contribution in [0.1, 0.15) is 10.4 Å². The summed E-state index contributed by atoms with van der Waals surface area (Å²) in [6.45, 7) is 1.65. The summed E-state index contributed by atoms with van der Waals surface area (Å²) in [5, 5.41) is 0. The number of nitrogens with two attached hydrogens (primary N) is 1. The zero-order valence-electron chi connectivity index (χ0n) is 9.26. The summed E-state index contributed by atoms with van der Waals surface area (Å²) >= 11 is 1.20. The summed E-state index contributed by atoms with van der Waals surface area (Å²) < 4.78 is 25.4. The average Bonchev–Trinajstić information content (AvgIpc) is 2.58. The summed E-state index contributed by atoms with van der Waals surface area (Å²) in [6.07, 6.45) is 0.836. The molecule has 1 aliphatic rings. The van der Waals surface area contributed by atoms with Gasteiger partial charge in [0, 0.05) is 18.0 Å². The van der Waals surface area contributed by atoms with E-state index in [2.05, 4.69) is 4.90 Å². The van der Waals surface area contributed by atoms with Crippen LogP contribution < -0.4 is 10.5 Å². The van der Waals surface area contributed by atoms with Crippen molar-refractivity contribution in [3.05, 3.63) is 16.5 Å². The molecule has 94 valence electrons. The quantitative estimate of drug-likeness (QED) is 0.800. The molecule has 0 saturated carbocycles. The Morgan fingerprint density at radius 1 is 1.59 bits per heavy atom. The number of urea groups is 1. The van der Waals surface area contributed by atoms with Crippen molar-refractivity contribution in [2.75, 3.05) is 13.6 Å². The number of likely N-dealkylation sites (N-methyl/N-ethyl adjacent to an activating group) is 1. The summed E-state index contributed by atoms with van der Waals surface area (Å²) in [4.78, 5) is 13.8. The Morgan fingerprint density at radius 3 is 2.94 bits per heavy atom. The Balaban J connectivity index is 2.32. The number of amides is 2. The van der Waals surface area contributed by atoms with Crippen LogP contribution in [0.15, 0.2) is 10.3 Å². The Labute approximate surface area is 103 Å². The smallest absolute Gasteiger partial charge is 0.326 e. The predicted octanol–water partition coefficient (Wildman–Crippen LogP) is 0.0930. The number of nitrogens with zero attached hydrogens (tertiary/aromatic N) is 1. The molecule has 2 heterocycles. The maximum atomic E-state index is 11.7. The van der Waals surface area contributed by atoms with Crippen LogP contribution in [-0.2, 0) is 23.0 Å². The maximum absolute atomic E-state index is 11.7. The molecule has 0 bridgehead atoms. The second-order valence-corrected chi connectivity index (χ2v) is 7.02. The fourth-order valence-electron chi connectivity index (χ4n) is 1.76. The molecule has 1 aromatic rings. The standard InChI is InChI=1S/C9H13N3O3S2/c1-12-3-2-7-6(5-12)4-8(16-7)17(14,15)11-9(10)13/h4H,2-3,5H2,1H3,(H3,10,11,13). The van der Waals surface area contributed by atoms with Gasteiger partial charge in [0.2, 0.25) is 0 Å². The maximum Gasteiger partial charge on any atom is 0.326 e. The number of sulfonamides is 1. The molecular formula is C9H13N3O3S2. The van der Waals surface area contributed by atoms with Crippen LogP contribution in [0.2, 0.25) is 0 Å². The molecule has 0 fully saturated rings. The third kappa shape index (κ3) is 2.59. The van der Waals surface area contributed by atoms with Gasteiger partial charge in [0.25, 0.3) is 10.0 Å². The Kier molecular flexibility index (Phi) is 3.11. The second kappa shape index (κ2) is 4.28. The third-order valence-electron chi connectivity index (χ3n) is 2.53. The summed E-state index contributed by atoms with van der Waals surface area (Å²) in [7, 11) is -1.81. The number of rotatable bonds is 2. The molecule has 6 nitrogen and oxygen atoms in total. The minimum absolute atomic E-state index is 0.150. The van der Waals surface area contributed by atoms with E-state index in [-0.39, 0.29) is 4.21 Å². The van der Waals surface area contributed by atoms with Crippen LogP contribution in [0.4, 0.5) is 4.79 Å². The Bertz CT molecular complexity index is 550. The highest BCUT2D eigenvalue weighted by molar-refractivity contribution is 7.92. The minimum Gasteiger partial charge on any atom is -0.351 e. The van der Waals surface area contributed by atoms with E-state index in [1.54, 1.807) is 10.8 Å². The second-order valence-electron chi connectivity index (χ2n) is 3.97. The van der Waals surface area contributed by atoms with Gasteiger partial charge in [0.05, 0.1) is 0 Å². The number of primary amides is 1. The van der Waals surface area contributed by atoms with Crippen molar-refractivity contribution in [1.82, 2.24) is 9.62 Å². The summed E-state index contributed by atoms with van der Waals surface area (Å²) in [6, 6.07) is 0.550. The lowest BCUT2D eigenvalue weighted by molar-refractivity contribution is 0.253. The van der Waals surface area contributed by atoms with Gasteiger partial charge < -0.3 is 10.6 Å². The average molecular weight is 275 g/mol. The molecule has 0 aliphatic carbocycles. The first kappa shape index (κ1) is 12.3. The van der Waals surface area contributed by atoms with Crippen molar-refractivity contribution in [2.45, 2.75) is 17.2 Å². The van der Waals surface area contributed by atoms with Gasteiger partial charge in [-0.25, -0.2) is 17.9 Å². The highest BCUT2D eigenvalue weighted by Crippen LogP contribution is 2.30. The number of hydrogen-bond acceptors (Lipinski definition) is 5. The first-order valence-electron chi connectivity index (χ1n) is 5.01. The van der Waals surface area contributed by atoms with Crippen LogP contribution in [0, 0.1) is 0 Å². The van der Waals surface area contributed by atoms with E-state index >= 15 is 0 Å². The lowest BCUT2D eigenvalue weighted by Crippen LogP contribution is -2.34. The van der Waals surface area contributed by atoms with E-state index in [9.17, 15) is 13.2 Å². The van der Waals surface area contributed by atoms with Crippen molar-refractivity contribution in [2.24, 2.45) is 5.73 Å². The fraction of sp³-hybridized carbons (Fsp3) is 0.444. The van der Waals surface area contributed by atoms with Crippen LogP contribution in [-0.4, -0.2) is 32.9 Å². The minimum atomic E-state index is -3.80. The molecule has 1 aromatic heterocycles. The first-order valence-corrected chi connectivity index (χ1v) is 7.31. The van der Waals surface area contributed by atoms with Crippen LogP contribution in [0.3, 0.4) is 0 Å². The number of carbonyl (C=O) groups is 1. The van der Waals surface area contributed by atoms with Crippen molar-refractivity contribution < 1.29 is 13.2 Å². The third-order valence-corrected chi connectivity index (χ3v) is 5.59. The number of carbonyl (C=O) groups excluding carboxylic acids is 1. The molecule has 0 saturated heterocycles. The van der Waals surface area contributed by atoms with Crippen LogP contribution in [0.5, 0.6) is 0 Å². The van der Waals surface area contributed by atoms with Gasteiger partial charge >= 0.3 is 6.03 Å². The molecule has 0 radical (unpaired) electrons. The first-order chi connectivity index (χ1) is 7.88. The van der Waals surface area contributed by atoms with Gasteiger partial charge in [-0.05, 0) is 25.1 Å². The molecule has 0 atom stereocenters. The van der Waals surface area contributed by atoms with E-state index in [1.165, 1.54) is 11.3 Å². The lowest BCUT2D eigenvalue weighted by atomic mass is 10.1. The van der Waals surface area contributed by atoms with E-state index in [1.807, 2.05) is 7.05 Å². The van der Waals surface area contributed by atoms with Crippen LogP contribution in [0.25, 0.3) is 0 Å². The lowest BCUT2D eigenvalue weighted by Gasteiger charge is -2.21. The monoisotopic (exact) mass is 275 g/mol. The molecule has 0 spiro atoms. The SMILES string of the molecule is CN1CCc2sc(S(=O)(=O)NC(N)=O)cc2C1. The van der Waals surface area contributed by atoms with E-state index in [0.717, 1.165) is 30.0 Å². The number of hydrogen-bond donors (Lipinski definition) is 2. The molecular weight excluding hydrogens is 262 g/mol. The van der Waals surface area contributed by atoms with Crippen molar-refractivity contribution in [3.8, 4) is 0 Å². The molecule has 17 heavy (non-hydrogen) atoms. The van der Waals surface area contributed by atoms with E-state index in [4.69, 9.17) is 5.73 Å². The molecule has 1 aliphatic heterocycles. The predicted molar refractivity (Wildman–Crippen MR) is 64.3 cm³/mol. The number of nitrogens with one attached hydrogen (secondary N) is 1. The zero-order chi connectivity index (χ0) is 12.6. The normalized spacial score (nSPS) is 16.5. The van der Waals surface area contributed by atoms with Crippen molar-refractivity contribution in [1.29, 1.82) is 0 Å². The van der Waals surface area contributed by atoms with Gasteiger partial charge in [0.1, 0.15) is 4.21 Å². The summed E-state index contributed by atoms with van der Waals surface area (Å²) in [5.74, 6) is 0. The highest BCUT2D eigenvalue weighted by Gasteiger charge is 2.23. The van der Waals surface area contributed by atoms with Gasteiger partial charge in [-0.1, -0.05) is 0 Å². The fourth-order valence-corrected chi connectivity index (χ4v) is 4.18. The van der Waals surface area contributed by atoms with Crippen LogP contribution >= 0.6 is 11.3 Å². The number of fused-ring (bicyclic) bond motifs is 1. The summed E-state index contributed by atoms with van der Waals surface area (Å²) in [5.41, 5.74) is 5.84. The molecule has 0 aromatic carbocycles.